The third-order valence-electron chi connectivity index (χ3n) is 4.55. The van der Waals surface area contributed by atoms with Gasteiger partial charge in [-0.25, -0.2) is 4.98 Å². The molecule has 0 amide bonds. The van der Waals surface area contributed by atoms with E-state index in [1.807, 2.05) is 18.2 Å². The highest BCUT2D eigenvalue weighted by molar-refractivity contribution is 7.17. The maximum atomic E-state index is 11.9. The van der Waals surface area contributed by atoms with Crippen LogP contribution in [-0.4, -0.2) is 36.1 Å². The van der Waals surface area contributed by atoms with Crippen LogP contribution >= 0.6 is 34.5 Å². The topological polar surface area (TPSA) is 39.3 Å². The molecule has 1 aliphatic heterocycles. The molecule has 1 radical (unpaired) electrons. The number of rotatable bonds is 3. The minimum Gasteiger partial charge on any atom is -0.368 e. The van der Waals surface area contributed by atoms with E-state index < -0.39 is 0 Å². The second-order valence-corrected chi connectivity index (χ2v) is 7.81. The van der Waals surface area contributed by atoms with E-state index in [0.717, 1.165) is 48.7 Å². The van der Waals surface area contributed by atoms with Crippen molar-refractivity contribution >= 4 is 50.4 Å². The number of thiazole rings is 1. The Morgan fingerprint density at radius 2 is 1.88 bits per heavy atom. The fourth-order valence-corrected chi connectivity index (χ4v) is 4.51. The van der Waals surface area contributed by atoms with E-state index in [2.05, 4.69) is 14.8 Å². The third-order valence-corrected chi connectivity index (χ3v) is 5.98. The van der Waals surface area contributed by atoms with Gasteiger partial charge in [-0.3, -0.25) is 10.0 Å². The van der Waals surface area contributed by atoms with Gasteiger partial charge in [0.15, 0.2) is 0 Å². The zero-order valence-electron chi connectivity index (χ0n) is 13.4. The molecule has 3 aromatic rings. The summed E-state index contributed by atoms with van der Waals surface area (Å²) < 4.78 is 0.988. The maximum absolute atomic E-state index is 11.9. The quantitative estimate of drug-likeness (QED) is 0.624. The van der Waals surface area contributed by atoms with Crippen molar-refractivity contribution in [3.63, 3.8) is 0 Å². The minimum atomic E-state index is -0.00369. The molecule has 0 N–H and O–H groups in total. The van der Waals surface area contributed by atoms with Gasteiger partial charge in [0.1, 0.15) is 5.52 Å². The second kappa shape index (κ2) is 7.00. The van der Waals surface area contributed by atoms with Gasteiger partial charge < -0.3 is 4.90 Å². The summed E-state index contributed by atoms with van der Waals surface area (Å²) in [5.41, 5.74) is 4.54. The molecule has 2 aromatic carbocycles. The SMILES string of the molecule is [O]c1ccc(N2CCN(Cc3ccc(Cl)cc3Cl)CC2)c2scnc12. The predicted octanol–water partition coefficient (Wildman–Crippen LogP) is 5.07. The summed E-state index contributed by atoms with van der Waals surface area (Å²) in [7, 11) is 0. The van der Waals surface area contributed by atoms with Crippen molar-refractivity contribution in [2.75, 3.05) is 31.1 Å². The standard InChI is InChI=1S/C18H16Cl2N3OS/c19-13-2-1-12(14(20)9-13)10-22-5-7-23(8-6-22)15-3-4-16(24)17-18(15)25-11-21-17/h1-4,9,11H,5-8,10H2. The third kappa shape index (κ3) is 3.42. The van der Waals surface area contributed by atoms with Crippen molar-refractivity contribution in [3.8, 4) is 5.75 Å². The monoisotopic (exact) mass is 392 g/mol. The van der Waals surface area contributed by atoms with Crippen LogP contribution in [0, 0.1) is 0 Å². The van der Waals surface area contributed by atoms with Gasteiger partial charge in [-0.05, 0) is 29.8 Å². The highest BCUT2D eigenvalue weighted by atomic mass is 35.5. The lowest BCUT2D eigenvalue weighted by Crippen LogP contribution is -2.46. The van der Waals surface area contributed by atoms with Crippen molar-refractivity contribution in [2.45, 2.75) is 6.54 Å². The zero-order chi connectivity index (χ0) is 17.4. The van der Waals surface area contributed by atoms with Crippen LogP contribution in [0.2, 0.25) is 10.0 Å². The van der Waals surface area contributed by atoms with E-state index >= 15 is 0 Å². The molecule has 7 heteroatoms. The average Bonchev–Trinajstić information content (AvgIpc) is 3.09. The lowest BCUT2D eigenvalue weighted by Gasteiger charge is -2.36. The van der Waals surface area contributed by atoms with Crippen LogP contribution in [0.1, 0.15) is 5.56 Å². The molecule has 0 saturated carbocycles. The van der Waals surface area contributed by atoms with Gasteiger partial charge in [-0.2, -0.15) is 0 Å². The number of hydrogen-bond acceptors (Lipinski definition) is 4. The van der Waals surface area contributed by atoms with E-state index in [-0.39, 0.29) is 5.75 Å². The number of hydrogen-bond donors (Lipinski definition) is 0. The zero-order valence-corrected chi connectivity index (χ0v) is 15.7. The van der Waals surface area contributed by atoms with Crippen molar-refractivity contribution in [1.29, 1.82) is 0 Å². The van der Waals surface area contributed by atoms with E-state index in [4.69, 9.17) is 23.2 Å². The number of benzene rings is 2. The van der Waals surface area contributed by atoms with Crippen LogP contribution in [0.3, 0.4) is 0 Å². The fraction of sp³-hybridized carbons (Fsp3) is 0.278. The van der Waals surface area contributed by atoms with Crippen LogP contribution in [0.25, 0.3) is 10.2 Å². The highest BCUT2D eigenvalue weighted by Crippen LogP contribution is 2.36. The van der Waals surface area contributed by atoms with Crippen molar-refractivity contribution in [2.24, 2.45) is 0 Å². The first kappa shape index (κ1) is 16.9. The molecule has 129 valence electrons. The Morgan fingerprint density at radius 3 is 2.64 bits per heavy atom. The molecule has 2 heterocycles. The van der Waals surface area contributed by atoms with Crippen molar-refractivity contribution in [1.82, 2.24) is 9.88 Å². The normalized spacial score (nSPS) is 15.8. The Balaban J connectivity index is 1.46. The predicted molar refractivity (Wildman–Crippen MR) is 104 cm³/mol. The molecule has 1 aromatic heterocycles. The number of halogens is 2. The minimum absolute atomic E-state index is 0.00369. The molecule has 1 aliphatic rings. The van der Waals surface area contributed by atoms with Gasteiger partial charge in [0.25, 0.3) is 0 Å². The molecular formula is C18H16Cl2N3OS. The molecule has 1 saturated heterocycles. The lowest BCUT2D eigenvalue weighted by molar-refractivity contribution is 0.250. The molecule has 4 nitrogen and oxygen atoms in total. The molecule has 1 fully saturated rings. The number of fused-ring (bicyclic) bond motifs is 1. The van der Waals surface area contributed by atoms with Crippen LogP contribution in [0.15, 0.2) is 35.8 Å². The Labute approximate surface area is 160 Å². The molecule has 25 heavy (non-hydrogen) atoms. The average molecular weight is 393 g/mol. The second-order valence-electron chi connectivity index (χ2n) is 6.11. The van der Waals surface area contributed by atoms with Gasteiger partial charge in [0, 0.05) is 42.8 Å². The summed E-state index contributed by atoms with van der Waals surface area (Å²) >= 11 is 13.8. The van der Waals surface area contributed by atoms with Gasteiger partial charge in [0.2, 0.25) is 5.75 Å². The van der Waals surface area contributed by atoms with Gasteiger partial charge in [-0.1, -0.05) is 29.3 Å². The molecule has 0 aliphatic carbocycles. The Bertz CT molecular complexity index is 906. The summed E-state index contributed by atoms with van der Waals surface area (Å²) in [6, 6.07) is 9.21. The van der Waals surface area contributed by atoms with E-state index in [9.17, 15) is 5.11 Å². The van der Waals surface area contributed by atoms with Crippen molar-refractivity contribution in [3.05, 3.63) is 51.5 Å². The van der Waals surface area contributed by atoms with E-state index in [1.54, 1.807) is 17.6 Å². The van der Waals surface area contributed by atoms with Gasteiger partial charge >= 0.3 is 0 Å². The Kier molecular flexibility index (Phi) is 4.73. The van der Waals surface area contributed by atoms with Gasteiger partial charge in [0.05, 0.1) is 15.9 Å². The lowest BCUT2D eigenvalue weighted by atomic mass is 10.2. The molecule has 0 bridgehead atoms. The van der Waals surface area contributed by atoms with E-state index in [1.165, 1.54) is 11.3 Å². The fourth-order valence-electron chi connectivity index (χ4n) is 3.20. The molecule has 0 spiro atoms. The number of anilines is 1. The largest absolute Gasteiger partial charge is 0.368 e. The molecule has 0 atom stereocenters. The van der Waals surface area contributed by atoms with Crippen LogP contribution in [0.5, 0.6) is 5.75 Å². The summed E-state index contributed by atoms with van der Waals surface area (Å²) in [5.74, 6) is -0.00369. The van der Waals surface area contributed by atoms with Crippen molar-refractivity contribution < 1.29 is 5.11 Å². The first-order chi connectivity index (χ1) is 12.1. The Hall–Kier alpha value is -1.53. The highest BCUT2D eigenvalue weighted by Gasteiger charge is 2.21. The summed E-state index contributed by atoms with van der Waals surface area (Å²) in [6.45, 7) is 4.53. The van der Waals surface area contributed by atoms with Crippen LogP contribution in [0.4, 0.5) is 5.69 Å². The maximum Gasteiger partial charge on any atom is 0.205 e. The first-order valence-corrected chi connectivity index (χ1v) is 9.70. The summed E-state index contributed by atoms with van der Waals surface area (Å²) in [6.07, 6.45) is 0. The Morgan fingerprint density at radius 1 is 1.08 bits per heavy atom. The van der Waals surface area contributed by atoms with Crippen LogP contribution < -0.4 is 4.90 Å². The first-order valence-electron chi connectivity index (χ1n) is 8.06. The molecular weight excluding hydrogens is 377 g/mol. The van der Waals surface area contributed by atoms with E-state index in [0.29, 0.717) is 15.6 Å². The number of piperazine rings is 1. The smallest absolute Gasteiger partial charge is 0.205 e. The van der Waals surface area contributed by atoms with Gasteiger partial charge in [-0.15, -0.1) is 11.3 Å². The number of aromatic nitrogens is 1. The van der Waals surface area contributed by atoms with Crippen LogP contribution in [-0.2, 0) is 11.7 Å². The summed E-state index contributed by atoms with van der Waals surface area (Å²) in [4.78, 5) is 8.92. The molecule has 4 rings (SSSR count). The summed E-state index contributed by atoms with van der Waals surface area (Å²) in [5, 5.41) is 13.3. The molecule has 0 unspecified atom stereocenters. The number of nitrogens with zero attached hydrogens (tertiary/aromatic N) is 3.